The maximum Gasteiger partial charge on any atom is 0.240 e. The predicted molar refractivity (Wildman–Crippen MR) is 106 cm³/mol. The third-order valence-corrected chi connectivity index (χ3v) is 4.74. The summed E-state index contributed by atoms with van der Waals surface area (Å²) >= 11 is 17.9. The highest BCUT2D eigenvalue weighted by Gasteiger charge is 2.09. The molecule has 5 nitrogen and oxygen atoms in total. The summed E-state index contributed by atoms with van der Waals surface area (Å²) in [4.78, 5) is 23.7. The van der Waals surface area contributed by atoms with E-state index in [1.807, 2.05) is 0 Å². The van der Waals surface area contributed by atoms with E-state index in [9.17, 15) is 9.59 Å². The molecule has 0 spiro atoms. The summed E-state index contributed by atoms with van der Waals surface area (Å²) in [7, 11) is 0. The molecule has 2 amide bonds. The number of hydrogen-bond acceptors (Lipinski definition) is 3. The normalized spacial score (nSPS) is 10.8. The van der Waals surface area contributed by atoms with Crippen molar-refractivity contribution in [3.8, 4) is 0 Å². The molecule has 0 heterocycles. The van der Waals surface area contributed by atoms with Crippen molar-refractivity contribution < 1.29 is 9.59 Å². The van der Waals surface area contributed by atoms with Crippen LogP contribution in [0.15, 0.2) is 41.5 Å². The Morgan fingerprint density at radius 2 is 1.65 bits per heavy atom. The molecule has 0 aliphatic carbocycles. The highest BCUT2D eigenvalue weighted by atomic mass is 35.5. The summed E-state index contributed by atoms with van der Waals surface area (Å²) in [6.07, 6.45) is 1.40. The number of halogens is 3. The predicted octanol–water partition coefficient (Wildman–Crippen LogP) is 4.82. The van der Waals surface area contributed by atoms with Gasteiger partial charge < -0.3 is 5.32 Å². The van der Waals surface area contributed by atoms with Gasteiger partial charge in [0.2, 0.25) is 11.8 Å². The Morgan fingerprint density at radius 3 is 2.42 bits per heavy atom. The van der Waals surface area contributed by atoms with Crippen LogP contribution in [0.25, 0.3) is 0 Å². The van der Waals surface area contributed by atoms with E-state index in [2.05, 4.69) is 15.8 Å². The number of hydrazone groups is 1. The van der Waals surface area contributed by atoms with Crippen molar-refractivity contribution in [2.75, 3.05) is 5.32 Å². The number of carbonyl (C=O) groups is 2. The van der Waals surface area contributed by atoms with Gasteiger partial charge in [-0.25, -0.2) is 5.43 Å². The molecule has 0 aromatic heterocycles. The van der Waals surface area contributed by atoms with Crippen molar-refractivity contribution >= 4 is 58.5 Å². The average Bonchev–Trinajstić information content (AvgIpc) is 2.61. The molecular formula is C18H16Cl3N3O2. The number of amides is 2. The Bertz CT molecular complexity index is 854. The van der Waals surface area contributed by atoms with Crippen LogP contribution in [0.2, 0.25) is 15.1 Å². The van der Waals surface area contributed by atoms with Crippen LogP contribution in [0.1, 0.15) is 24.0 Å². The zero-order valence-electron chi connectivity index (χ0n) is 13.9. The quantitative estimate of drug-likeness (QED) is 0.527. The van der Waals surface area contributed by atoms with Crippen molar-refractivity contribution in [1.29, 1.82) is 0 Å². The molecule has 0 saturated heterocycles. The molecule has 2 aromatic carbocycles. The zero-order chi connectivity index (χ0) is 19.1. The van der Waals surface area contributed by atoms with E-state index in [0.717, 1.165) is 5.56 Å². The molecule has 0 atom stereocenters. The molecule has 8 heteroatoms. The molecule has 2 aromatic rings. The largest absolute Gasteiger partial charge is 0.326 e. The Labute approximate surface area is 166 Å². The molecule has 0 aliphatic heterocycles. The molecule has 0 radical (unpaired) electrons. The molecule has 0 bridgehead atoms. The molecule has 26 heavy (non-hydrogen) atoms. The van der Waals surface area contributed by atoms with Gasteiger partial charge >= 0.3 is 0 Å². The summed E-state index contributed by atoms with van der Waals surface area (Å²) in [6.45, 7) is 1.81. The monoisotopic (exact) mass is 411 g/mol. The lowest BCUT2D eigenvalue weighted by molar-refractivity contribution is -0.124. The van der Waals surface area contributed by atoms with Crippen LogP contribution in [-0.4, -0.2) is 18.0 Å². The molecular weight excluding hydrogens is 397 g/mol. The van der Waals surface area contributed by atoms with Crippen LogP contribution in [0, 0.1) is 6.92 Å². The van der Waals surface area contributed by atoms with Crippen molar-refractivity contribution in [1.82, 2.24) is 5.43 Å². The van der Waals surface area contributed by atoms with Gasteiger partial charge in [0.15, 0.2) is 0 Å². The highest BCUT2D eigenvalue weighted by Crippen LogP contribution is 2.24. The SMILES string of the molecule is Cc1c(Cl)cccc1NC(=O)CCC(=O)N/N=C/c1cccc(Cl)c1Cl. The lowest BCUT2D eigenvalue weighted by atomic mass is 10.2. The van der Waals surface area contributed by atoms with Gasteiger partial charge in [0.25, 0.3) is 0 Å². The number of rotatable bonds is 6. The van der Waals surface area contributed by atoms with Crippen LogP contribution in [-0.2, 0) is 9.59 Å². The van der Waals surface area contributed by atoms with E-state index >= 15 is 0 Å². The fourth-order valence-corrected chi connectivity index (χ4v) is 2.56. The first-order valence-electron chi connectivity index (χ1n) is 7.69. The smallest absolute Gasteiger partial charge is 0.240 e. The van der Waals surface area contributed by atoms with Gasteiger partial charge in [-0.3, -0.25) is 9.59 Å². The van der Waals surface area contributed by atoms with Crippen LogP contribution in [0.3, 0.4) is 0 Å². The van der Waals surface area contributed by atoms with Crippen LogP contribution in [0.5, 0.6) is 0 Å². The van der Waals surface area contributed by atoms with E-state index in [1.165, 1.54) is 6.21 Å². The first-order valence-corrected chi connectivity index (χ1v) is 8.82. The lowest BCUT2D eigenvalue weighted by Gasteiger charge is -2.09. The Kier molecular flexibility index (Phi) is 7.45. The van der Waals surface area contributed by atoms with E-state index < -0.39 is 5.91 Å². The lowest BCUT2D eigenvalue weighted by Crippen LogP contribution is -2.21. The molecule has 2 N–H and O–H groups in total. The van der Waals surface area contributed by atoms with E-state index in [4.69, 9.17) is 34.8 Å². The van der Waals surface area contributed by atoms with Crippen molar-refractivity contribution in [3.05, 3.63) is 62.6 Å². The van der Waals surface area contributed by atoms with Crippen LogP contribution >= 0.6 is 34.8 Å². The standard InChI is InChI=1S/C18H16Cl3N3O2/c1-11-13(19)5-3-7-15(11)23-16(25)8-9-17(26)24-22-10-12-4-2-6-14(20)18(12)21/h2-7,10H,8-9H2,1H3,(H,23,25)(H,24,26)/b22-10+. The van der Waals surface area contributed by atoms with E-state index in [0.29, 0.717) is 26.3 Å². The second-order valence-electron chi connectivity index (χ2n) is 5.40. The van der Waals surface area contributed by atoms with Gasteiger partial charge in [-0.15, -0.1) is 0 Å². The number of nitrogens with one attached hydrogen (secondary N) is 2. The first kappa shape index (κ1) is 20.2. The first-order chi connectivity index (χ1) is 12.4. The summed E-state index contributed by atoms with van der Waals surface area (Å²) in [6, 6.07) is 10.3. The van der Waals surface area contributed by atoms with Crippen LogP contribution in [0.4, 0.5) is 5.69 Å². The highest BCUT2D eigenvalue weighted by molar-refractivity contribution is 6.43. The van der Waals surface area contributed by atoms with Crippen LogP contribution < -0.4 is 10.7 Å². The number of anilines is 1. The van der Waals surface area contributed by atoms with Gasteiger partial charge in [-0.05, 0) is 30.7 Å². The molecule has 0 saturated carbocycles. The zero-order valence-corrected chi connectivity index (χ0v) is 16.1. The number of benzene rings is 2. The minimum absolute atomic E-state index is 0.00787. The third-order valence-electron chi connectivity index (χ3n) is 3.50. The van der Waals surface area contributed by atoms with Crippen molar-refractivity contribution in [2.45, 2.75) is 19.8 Å². The van der Waals surface area contributed by atoms with E-state index in [-0.39, 0.29) is 18.7 Å². The molecule has 0 unspecified atom stereocenters. The topological polar surface area (TPSA) is 70.6 Å². The summed E-state index contributed by atoms with van der Waals surface area (Å²) < 4.78 is 0. The molecule has 0 aliphatic rings. The van der Waals surface area contributed by atoms with Gasteiger partial charge in [-0.2, -0.15) is 5.10 Å². The maximum atomic E-state index is 12.0. The minimum atomic E-state index is -0.391. The number of hydrogen-bond donors (Lipinski definition) is 2. The van der Waals surface area contributed by atoms with Crippen molar-refractivity contribution in [2.24, 2.45) is 5.10 Å². The summed E-state index contributed by atoms with van der Waals surface area (Å²) in [5, 5.41) is 7.86. The van der Waals surface area contributed by atoms with Gasteiger partial charge in [-0.1, -0.05) is 53.0 Å². The second-order valence-corrected chi connectivity index (χ2v) is 6.59. The average molecular weight is 413 g/mol. The fourth-order valence-electron chi connectivity index (χ4n) is 2.03. The van der Waals surface area contributed by atoms with Gasteiger partial charge in [0.1, 0.15) is 0 Å². The fraction of sp³-hybridized carbons (Fsp3) is 0.167. The summed E-state index contributed by atoms with van der Waals surface area (Å²) in [5.41, 5.74) is 4.32. The summed E-state index contributed by atoms with van der Waals surface area (Å²) in [5.74, 6) is -0.676. The second kappa shape index (κ2) is 9.57. The Balaban J connectivity index is 1.81. The number of nitrogens with zero attached hydrogens (tertiary/aromatic N) is 1. The Morgan fingerprint density at radius 1 is 1.00 bits per heavy atom. The minimum Gasteiger partial charge on any atom is -0.326 e. The Hall–Kier alpha value is -2.08. The van der Waals surface area contributed by atoms with Gasteiger partial charge in [0.05, 0.1) is 16.3 Å². The third kappa shape index (κ3) is 5.73. The molecule has 136 valence electrons. The van der Waals surface area contributed by atoms with Gasteiger partial charge in [0, 0.05) is 29.1 Å². The number of carbonyl (C=O) groups excluding carboxylic acids is 2. The molecule has 0 fully saturated rings. The maximum absolute atomic E-state index is 12.0. The molecule has 2 rings (SSSR count). The van der Waals surface area contributed by atoms with E-state index in [1.54, 1.807) is 43.3 Å². The van der Waals surface area contributed by atoms with Crippen molar-refractivity contribution in [3.63, 3.8) is 0 Å².